The summed E-state index contributed by atoms with van der Waals surface area (Å²) < 4.78 is 59.1. The molecule has 0 spiro atoms. The van der Waals surface area contributed by atoms with E-state index in [0.717, 1.165) is 11.1 Å². The summed E-state index contributed by atoms with van der Waals surface area (Å²) in [5.41, 5.74) is -0.690. The van der Waals surface area contributed by atoms with Crippen LogP contribution in [0, 0.1) is 5.82 Å². The number of allylic oxidation sites excluding steroid dienone is 1. The van der Waals surface area contributed by atoms with Crippen molar-refractivity contribution in [3.8, 4) is 0 Å². The maximum Gasteiger partial charge on any atom is 0.409 e. The Bertz CT molecular complexity index is 1560. The van der Waals surface area contributed by atoms with Gasteiger partial charge in [-0.25, -0.2) is 14.2 Å². The largest absolute Gasteiger partial charge is 0.438 e. The predicted molar refractivity (Wildman–Crippen MR) is 148 cm³/mol. The van der Waals surface area contributed by atoms with Crippen molar-refractivity contribution in [2.75, 3.05) is 28.2 Å². The number of fused-ring (bicyclic) bond motifs is 1. The lowest BCUT2D eigenvalue weighted by molar-refractivity contribution is -0.134. The summed E-state index contributed by atoms with van der Waals surface area (Å²) in [5.74, 6) is -1.53. The molecule has 1 atom stereocenters. The number of aromatic nitrogens is 4. The average molecular weight is 609 g/mol. The standard InChI is InChI=1S/C28H32F4N6O5/c1-36(2)23(40)10-6-5-9-21(43-27(42)37(3)4)20(39)14-17-8-7-13-38(26(17)41)16-22-34-24-18(29)15-33-19(25(24)35-22)11-12-28(30,31)32/h6-8,10,13,15,21H,5,9,11-12,14,16H2,1-4H3,(H,34,35)/b10-6+/t21-/m0/s1. The Morgan fingerprint density at radius 3 is 2.53 bits per heavy atom. The van der Waals surface area contributed by atoms with Gasteiger partial charge in [0.1, 0.15) is 11.3 Å². The Morgan fingerprint density at radius 2 is 1.88 bits per heavy atom. The van der Waals surface area contributed by atoms with Crippen LogP contribution < -0.4 is 5.56 Å². The number of hydrogen-bond acceptors (Lipinski definition) is 7. The highest BCUT2D eigenvalue weighted by molar-refractivity contribution is 5.88. The zero-order valence-corrected chi connectivity index (χ0v) is 24.1. The van der Waals surface area contributed by atoms with Gasteiger partial charge in [-0.2, -0.15) is 13.2 Å². The van der Waals surface area contributed by atoms with E-state index in [1.54, 1.807) is 20.2 Å². The molecule has 0 aliphatic rings. The molecule has 0 saturated heterocycles. The molecule has 232 valence electrons. The number of rotatable bonds is 12. The highest BCUT2D eigenvalue weighted by Gasteiger charge is 2.28. The van der Waals surface area contributed by atoms with Gasteiger partial charge in [-0.1, -0.05) is 12.1 Å². The number of alkyl halides is 3. The minimum Gasteiger partial charge on any atom is -0.438 e. The van der Waals surface area contributed by atoms with Crippen LogP contribution >= 0.6 is 0 Å². The number of aromatic amines is 1. The Morgan fingerprint density at radius 1 is 1.16 bits per heavy atom. The summed E-state index contributed by atoms with van der Waals surface area (Å²) >= 11 is 0. The van der Waals surface area contributed by atoms with Gasteiger partial charge in [-0.15, -0.1) is 0 Å². The van der Waals surface area contributed by atoms with E-state index in [1.807, 2.05) is 0 Å². The molecule has 2 amide bonds. The van der Waals surface area contributed by atoms with Crippen molar-refractivity contribution < 1.29 is 36.7 Å². The van der Waals surface area contributed by atoms with Crippen molar-refractivity contribution in [1.82, 2.24) is 29.3 Å². The van der Waals surface area contributed by atoms with Gasteiger partial charge in [-0.05, 0) is 25.0 Å². The predicted octanol–water partition coefficient (Wildman–Crippen LogP) is 3.40. The first-order valence-corrected chi connectivity index (χ1v) is 13.2. The van der Waals surface area contributed by atoms with Gasteiger partial charge in [0, 0.05) is 59.2 Å². The lowest BCUT2D eigenvalue weighted by Crippen LogP contribution is -2.35. The normalized spacial score (nSPS) is 12.5. The number of likely N-dealkylation sites (N-methyl/N-ethyl adjacent to an activating group) is 1. The summed E-state index contributed by atoms with van der Waals surface area (Å²) in [7, 11) is 6.08. The number of nitrogens with one attached hydrogen (secondary N) is 1. The Balaban J connectivity index is 1.80. The van der Waals surface area contributed by atoms with Gasteiger partial charge in [-0.3, -0.25) is 19.4 Å². The van der Waals surface area contributed by atoms with E-state index >= 15 is 0 Å². The second kappa shape index (κ2) is 14.1. The van der Waals surface area contributed by atoms with Crippen LogP contribution in [-0.4, -0.2) is 87.6 Å². The molecule has 0 unspecified atom stereocenters. The molecule has 3 rings (SSSR count). The van der Waals surface area contributed by atoms with Crippen LogP contribution in [0.4, 0.5) is 22.4 Å². The molecule has 11 nitrogen and oxygen atoms in total. The molecule has 0 aliphatic carbocycles. The molecule has 0 saturated carbocycles. The summed E-state index contributed by atoms with van der Waals surface area (Å²) in [5, 5.41) is 0. The topological polar surface area (TPSA) is 130 Å². The number of H-pyrrole nitrogens is 1. The van der Waals surface area contributed by atoms with Crippen molar-refractivity contribution in [1.29, 1.82) is 0 Å². The van der Waals surface area contributed by atoms with Crippen molar-refractivity contribution in [2.24, 2.45) is 0 Å². The number of amides is 2. The minimum atomic E-state index is -4.43. The molecule has 43 heavy (non-hydrogen) atoms. The van der Waals surface area contributed by atoms with E-state index in [9.17, 15) is 36.7 Å². The number of carbonyl (C=O) groups excluding carboxylic acids is 3. The van der Waals surface area contributed by atoms with Crippen LogP contribution in [0.2, 0.25) is 0 Å². The van der Waals surface area contributed by atoms with E-state index in [4.69, 9.17) is 4.74 Å². The molecule has 0 fully saturated rings. The highest BCUT2D eigenvalue weighted by Crippen LogP contribution is 2.25. The first kappa shape index (κ1) is 32.9. The van der Waals surface area contributed by atoms with Gasteiger partial charge in [0.2, 0.25) is 5.91 Å². The van der Waals surface area contributed by atoms with Crippen LogP contribution in [-0.2, 0) is 33.7 Å². The summed E-state index contributed by atoms with van der Waals surface area (Å²) in [6, 6.07) is 2.95. The van der Waals surface area contributed by atoms with Gasteiger partial charge >= 0.3 is 12.3 Å². The maximum atomic E-state index is 14.3. The third kappa shape index (κ3) is 9.21. The monoisotopic (exact) mass is 608 g/mol. The lowest BCUT2D eigenvalue weighted by atomic mass is 10.0. The first-order chi connectivity index (χ1) is 20.2. The fourth-order valence-electron chi connectivity index (χ4n) is 3.99. The molecule has 0 aromatic carbocycles. The molecular weight excluding hydrogens is 576 g/mol. The van der Waals surface area contributed by atoms with E-state index < -0.39 is 48.4 Å². The van der Waals surface area contributed by atoms with Gasteiger partial charge < -0.3 is 24.1 Å². The summed E-state index contributed by atoms with van der Waals surface area (Å²) in [4.78, 5) is 63.5. The van der Waals surface area contributed by atoms with Crippen LogP contribution in [0.15, 0.2) is 41.5 Å². The molecule has 0 aliphatic heterocycles. The molecule has 3 heterocycles. The van der Waals surface area contributed by atoms with Crippen LogP contribution in [0.5, 0.6) is 0 Å². The molecule has 15 heteroatoms. The second-order valence-electron chi connectivity index (χ2n) is 10.2. The van der Waals surface area contributed by atoms with Crippen LogP contribution in [0.25, 0.3) is 11.0 Å². The SMILES string of the molecule is CN(C)C(=O)/C=C/CC[C@H](OC(=O)N(C)C)C(=O)Cc1cccn(Cc2nc3c(F)cnc(CCC(F)(F)F)c3[nH]2)c1=O. The van der Waals surface area contributed by atoms with Gasteiger partial charge in [0.05, 0.1) is 24.0 Å². The second-order valence-corrected chi connectivity index (χ2v) is 10.2. The molecule has 0 bridgehead atoms. The van der Waals surface area contributed by atoms with Crippen molar-refractivity contribution in [2.45, 2.75) is 50.9 Å². The van der Waals surface area contributed by atoms with Gasteiger partial charge in [0.15, 0.2) is 17.7 Å². The molecular formula is C28H32F4N6O5. The number of pyridine rings is 2. The van der Waals surface area contributed by atoms with E-state index in [2.05, 4.69) is 15.0 Å². The molecule has 1 N–H and O–H groups in total. The number of nitrogens with zero attached hydrogens (tertiary/aromatic N) is 5. The van der Waals surface area contributed by atoms with E-state index in [1.165, 1.54) is 48.0 Å². The van der Waals surface area contributed by atoms with Crippen molar-refractivity contribution in [3.05, 3.63) is 69.9 Å². The number of carbonyl (C=O) groups is 3. The molecule has 3 aromatic heterocycles. The number of Topliss-reactive ketones (excluding diaryl/α,β-unsaturated/α-hetero) is 1. The third-order valence-electron chi connectivity index (χ3n) is 6.29. The van der Waals surface area contributed by atoms with E-state index in [0.29, 0.717) is 0 Å². The average Bonchev–Trinajstić information content (AvgIpc) is 3.36. The number of halogens is 4. The van der Waals surface area contributed by atoms with Crippen molar-refractivity contribution >= 4 is 28.8 Å². The third-order valence-corrected chi connectivity index (χ3v) is 6.29. The molecule has 3 aromatic rings. The first-order valence-electron chi connectivity index (χ1n) is 13.2. The number of ketones is 1. The van der Waals surface area contributed by atoms with E-state index in [-0.39, 0.29) is 59.8 Å². The van der Waals surface area contributed by atoms with Crippen LogP contribution in [0.1, 0.15) is 36.3 Å². The van der Waals surface area contributed by atoms with Crippen LogP contribution in [0.3, 0.4) is 0 Å². The smallest absolute Gasteiger partial charge is 0.409 e. The zero-order valence-electron chi connectivity index (χ0n) is 24.1. The summed E-state index contributed by atoms with van der Waals surface area (Å²) in [6.45, 7) is -0.197. The highest BCUT2D eigenvalue weighted by atomic mass is 19.4. The Kier molecular flexibility index (Phi) is 10.8. The number of aryl methyl sites for hydroxylation is 1. The van der Waals surface area contributed by atoms with Crippen molar-refractivity contribution in [3.63, 3.8) is 0 Å². The fourth-order valence-corrected chi connectivity index (χ4v) is 3.99. The van der Waals surface area contributed by atoms with Gasteiger partial charge in [0.25, 0.3) is 5.56 Å². The number of hydrogen-bond donors (Lipinski definition) is 1. The number of ether oxygens (including phenoxy) is 1. The Labute approximate surface area is 244 Å². The quantitative estimate of drug-likeness (QED) is 0.246. The lowest BCUT2D eigenvalue weighted by Gasteiger charge is -2.19. The Hall–Kier alpha value is -4.56. The number of imidazole rings is 1. The summed E-state index contributed by atoms with van der Waals surface area (Å²) in [6.07, 6.45) is -2.95. The maximum absolute atomic E-state index is 14.3. The zero-order chi connectivity index (χ0) is 31.9. The molecule has 0 radical (unpaired) electrons. The minimum absolute atomic E-state index is 0.00510. The fraction of sp³-hybridized carbons (Fsp3) is 0.429.